The number of esters is 3. The van der Waals surface area contributed by atoms with E-state index in [1.54, 1.807) is 0 Å². The van der Waals surface area contributed by atoms with Crippen molar-refractivity contribution < 1.29 is 28.6 Å². The van der Waals surface area contributed by atoms with Gasteiger partial charge in [-0.2, -0.15) is 0 Å². The molecule has 0 spiro atoms. The van der Waals surface area contributed by atoms with Crippen LogP contribution in [0.3, 0.4) is 0 Å². The highest BCUT2D eigenvalue weighted by atomic mass is 16.6. The van der Waals surface area contributed by atoms with Gasteiger partial charge in [0.2, 0.25) is 0 Å². The minimum absolute atomic E-state index is 0.277. The lowest BCUT2D eigenvalue weighted by molar-refractivity contribution is -0.177. The largest absolute Gasteiger partial charge is 0.468 e. The summed E-state index contributed by atoms with van der Waals surface area (Å²) in [6.07, 6.45) is 2.22. The zero-order valence-electron chi connectivity index (χ0n) is 11.1. The van der Waals surface area contributed by atoms with Crippen molar-refractivity contribution in [3.05, 3.63) is 0 Å². The molecule has 0 N–H and O–H groups in total. The smallest absolute Gasteiger partial charge is 0.323 e. The molecule has 6 heteroatoms. The second-order valence-electron chi connectivity index (χ2n) is 5.02. The van der Waals surface area contributed by atoms with Gasteiger partial charge >= 0.3 is 17.9 Å². The average molecular weight is 270 g/mol. The van der Waals surface area contributed by atoms with Crippen molar-refractivity contribution in [3.63, 3.8) is 0 Å². The lowest BCUT2D eigenvalue weighted by Crippen LogP contribution is -2.48. The SMILES string of the molecule is COC(=O)C1(C(=O)OC)CCCC1C1CCC(=O)O1. The number of methoxy groups -OCH3 is 2. The third kappa shape index (κ3) is 2.09. The topological polar surface area (TPSA) is 78.9 Å². The van der Waals surface area contributed by atoms with Gasteiger partial charge in [-0.15, -0.1) is 0 Å². The van der Waals surface area contributed by atoms with Crippen LogP contribution in [0.2, 0.25) is 0 Å². The second-order valence-corrected chi connectivity index (χ2v) is 5.02. The lowest BCUT2D eigenvalue weighted by atomic mass is 9.74. The quantitative estimate of drug-likeness (QED) is 0.429. The maximum atomic E-state index is 12.1. The molecule has 2 fully saturated rings. The maximum Gasteiger partial charge on any atom is 0.323 e. The Labute approximate surface area is 111 Å². The van der Waals surface area contributed by atoms with Crippen LogP contribution in [0, 0.1) is 11.3 Å². The van der Waals surface area contributed by atoms with E-state index in [0.29, 0.717) is 32.1 Å². The van der Waals surface area contributed by atoms with E-state index in [1.165, 1.54) is 14.2 Å². The Kier molecular flexibility index (Phi) is 3.78. The molecule has 2 aliphatic rings. The fourth-order valence-corrected chi connectivity index (χ4v) is 3.32. The van der Waals surface area contributed by atoms with Crippen LogP contribution in [0.5, 0.6) is 0 Å². The predicted octanol–water partition coefficient (Wildman–Crippen LogP) is 0.824. The number of rotatable bonds is 3. The molecule has 0 amide bonds. The summed E-state index contributed by atoms with van der Waals surface area (Å²) in [5.41, 5.74) is -1.32. The van der Waals surface area contributed by atoms with E-state index < -0.39 is 23.5 Å². The Balaban J connectivity index is 2.32. The van der Waals surface area contributed by atoms with Gasteiger partial charge in [-0.25, -0.2) is 0 Å². The van der Waals surface area contributed by atoms with E-state index in [4.69, 9.17) is 14.2 Å². The third-order valence-corrected chi connectivity index (χ3v) is 4.18. The molecule has 1 saturated carbocycles. The average Bonchev–Trinajstić information content (AvgIpc) is 3.03. The number of carbonyl (C=O) groups is 3. The van der Waals surface area contributed by atoms with Crippen LogP contribution in [-0.4, -0.2) is 38.2 Å². The zero-order valence-corrected chi connectivity index (χ0v) is 11.1. The number of hydrogen-bond acceptors (Lipinski definition) is 6. The monoisotopic (exact) mass is 270 g/mol. The minimum Gasteiger partial charge on any atom is -0.468 e. The molecule has 0 aromatic heterocycles. The number of hydrogen-bond donors (Lipinski definition) is 0. The number of carbonyl (C=O) groups excluding carboxylic acids is 3. The van der Waals surface area contributed by atoms with Gasteiger partial charge in [-0.3, -0.25) is 14.4 Å². The van der Waals surface area contributed by atoms with E-state index in [-0.39, 0.29) is 11.9 Å². The van der Waals surface area contributed by atoms with E-state index in [9.17, 15) is 14.4 Å². The molecule has 0 aromatic carbocycles. The molecule has 106 valence electrons. The predicted molar refractivity (Wildman–Crippen MR) is 62.9 cm³/mol. The van der Waals surface area contributed by atoms with Crippen LogP contribution < -0.4 is 0 Å². The summed E-state index contributed by atoms with van der Waals surface area (Å²) in [5, 5.41) is 0. The summed E-state index contributed by atoms with van der Waals surface area (Å²) in [6, 6.07) is 0. The highest BCUT2D eigenvalue weighted by Crippen LogP contribution is 2.49. The highest BCUT2D eigenvalue weighted by molar-refractivity contribution is 6.01. The standard InChI is InChI=1S/C13H18O6/c1-17-11(15)13(12(16)18-2)7-3-4-8(13)9-5-6-10(14)19-9/h8-9H,3-7H2,1-2H3. The summed E-state index contributed by atoms with van der Waals surface area (Å²) >= 11 is 0. The highest BCUT2D eigenvalue weighted by Gasteiger charge is 2.60. The Hall–Kier alpha value is -1.59. The van der Waals surface area contributed by atoms with Crippen molar-refractivity contribution in [2.75, 3.05) is 14.2 Å². The fraction of sp³-hybridized carbons (Fsp3) is 0.769. The van der Waals surface area contributed by atoms with Gasteiger partial charge in [0.05, 0.1) is 14.2 Å². The van der Waals surface area contributed by atoms with Gasteiger partial charge in [-0.05, 0) is 19.3 Å². The molecule has 1 heterocycles. The van der Waals surface area contributed by atoms with Gasteiger partial charge in [0.25, 0.3) is 0 Å². The summed E-state index contributed by atoms with van der Waals surface area (Å²) in [5.74, 6) is -1.81. The van der Waals surface area contributed by atoms with Crippen LogP contribution >= 0.6 is 0 Å². The van der Waals surface area contributed by atoms with E-state index in [2.05, 4.69) is 0 Å². The molecular weight excluding hydrogens is 252 g/mol. The fourth-order valence-electron chi connectivity index (χ4n) is 3.32. The number of cyclic esters (lactones) is 1. The molecule has 1 saturated heterocycles. The van der Waals surface area contributed by atoms with Crippen LogP contribution in [-0.2, 0) is 28.6 Å². The molecule has 19 heavy (non-hydrogen) atoms. The third-order valence-electron chi connectivity index (χ3n) is 4.18. The van der Waals surface area contributed by atoms with Crippen molar-refractivity contribution in [1.82, 2.24) is 0 Å². The van der Waals surface area contributed by atoms with Crippen LogP contribution in [0.4, 0.5) is 0 Å². The molecule has 0 bridgehead atoms. The maximum absolute atomic E-state index is 12.1. The van der Waals surface area contributed by atoms with E-state index in [0.717, 1.165) is 0 Å². The van der Waals surface area contributed by atoms with Crippen molar-refractivity contribution in [2.24, 2.45) is 11.3 Å². The van der Waals surface area contributed by atoms with E-state index in [1.807, 2.05) is 0 Å². The van der Waals surface area contributed by atoms with Crippen molar-refractivity contribution in [3.8, 4) is 0 Å². The van der Waals surface area contributed by atoms with Gasteiger partial charge in [0, 0.05) is 12.3 Å². The van der Waals surface area contributed by atoms with Crippen LogP contribution in [0.1, 0.15) is 32.1 Å². The van der Waals surface area contributed by atoms with Gasteiger partial charge in [-0.1, -0.05) is 6.42 Å². The van der Waals surface area contributed by atoms with Crippen molar-refractivity contribution in [1.29, 1.82) is 0 Å². The first kappa shape index (κ1) is 13.8. The summed E-state index contributed by atoms with van der Waals surface area (Å²) < 4.78 is 14.8. The van der Waals surface area contributed by atoms with Gasteiger partial charge < -0.3 is 14.2 Å². The molecule has 1 aliphatic heterocycles. The molecule has 6 nitrogen and oxygen atoms in total. The normalized spacial score (nSPS) is 28.8. The first-order chi connectivity index (χ1) is 9.06. The Morgan fingerprint density at radius 3 is 2.32 bits per heavy atom. The second kappa shape index (κ2) is 5.19. The van der Waals surface area contributed by atoms with Crippen LogP contribution in [0.25, 0.3) is 0 Å². The molecule has 0 aromatic rings. The van der Waals surface area contributed by atoms with Crippen molar-refractivity contribution >= 4 is 17.9 Å². The molecule has 2 unspecified atom stereocenters. The Bertz CT molecular complexity index is 386. The molecule has 2 rings (SSSR count). The lowest BCUT2D eigenvalue weighted by Gasteiger charge is -2.32. The minimum atomic E-state index is -1.32. The Morgan fingerprint density at radius 2 is 1.84 bits per heavy atom. The van der Waals surface area contributed by atoms with E-state index >= 15 is 0 Å². The van der Waals surface area contributed by atoms with Gasteiger partial charge in [0.15, 0.2) is 5.41 Å². The molecule has 2 atom stereocenters. The first-order valence-electron chi connectivity index (χ1n) is 6.42. The summed E-state index contributed by atoms with van der Waals surface area (Å²) in [4.78, 5) is 35.5. The van der Waals surface area contributed by atoms with Crippen LogP contribution in [0.15, 0.2) is 0 Å². The Morgan fingerprint density at radius 1 is 1.21 bits per heavy atom. The summed E-state index contributed by atoms with van der Waals surface area (Å²) in [7, 11) is 2.51. The van der Waals surface area contributed by atoms with Crippen molar-refractivity contribution in [2.45, 2.75) is 38.2 Å². The summed E-state index contributed by atoms with van der Waals surface area (Å²) in [6.45, 7) is 0. The first-order valence-corrected chi connectivity index (χ1v) is 6.42. The number of ether oxygens (including phenoxy) is 3. The molecule has 0 radical (unpaired) electrons. The molecular formula is C13H18O6. The zero-order chi connectivity index (χ0) is 14.0. The molecule has 1 aliphatic carbocycles. The van der Waals surface area contributed by atoms with Gasteiger partial charge in [0.1, 0.15) is 6.10 Å².